The van der Waals surface area contributed by atoms with E-state index in [4.69, 9.17) is 5.73 Å². The molecular formula is C12H10F3N3S. The van der Waals surface area contributed by atoms with E-state index in [1.165, 1.54) is 16.8 Å². The summed E-state index contributed by atoms with van der Waals surface area (Å²) < 4.78 is 40.3. The van der Waals surface area contributed by atoms with Crippen LogP contribution < -0.4 is 5.73 Å². The van der Waals surface area contributed by atoms with E-state index in [0.717, 1.165) is 11.6 Å². The molecule has 0 spiro atoms. The summed E-state index contributed by atoms with van der Waals surface area (Å²) in [6, 6.07) is 3.74. The van der Waals surface area contributed by atoms with Crippen molar-refractivity contribution in [2.45, 2.75) is 13.1 Å². The quantitative estimate of drug-likeness (QED) is 0.863. The summed E-state index contributed by atoms with van der Waals surface area (Å²) in [5, 5.41) is 3.97. The van der Waals surface area contributed by atoms with Gasteiger partial charge in [-0.3, -0.25) is 0 Å². The Morgan fingerprint density at radius 1 is 1.37 bits per heavy atom. The summed E-state index contributed by atoms with van der Waals surface area (Å²) in [5.74, 6) is 0. The van der Waals surface area contributed by atoms with Crippen LogP contribution in [0.3, 0.4) is 0 Å². The Morgan fingerprint density at radius 2 is 2.05 bits per heavy atom. The molecule has 1 aromatic carbocycles. The maximum atomic E-state index is 13.0. The summed E-state index contributed by atoms with van der Waals surface area (Å²) in [7, 11) is 0. The normalized spacial score (nSPS) is 11.6. The maximum absolute atomic E-state index is 13.0. The van der Waals surface area contributed by atoms with E-state index in [0.29, 0.717) is 5.69 Å². The van der Waals surface area contributed by atoms with E-state index in [-0.39, 0.29) is 10.6 Å². The van der Waals surface area contributed by atoms with E-state index < -0.39 is 11.7 Å². The van der Waals surface area contributed by atoms with E-state index in [2.05, 4.69) is 17.3 Å². The number of rotatable bonds is 2. The third kappa shape index (κ3) is 2.76. The number of benzene rings is 1. The first-order chi connectivity index (χ1) is 8.79. The van der Waals surface area contributed by atoms with Crippen LogP contribution in [-0.4, -0.2) is 14.8 Å². The van der Waals surface area contributed by atoms with Crippen molar-refractivity contribution in [1.82, 2.24) is 9.78 Å². The first-order valence-corrected chi connectivity index (χ1v) is 5.72. The zero-order valence-electron chi connectivity index (χ0n) is 9.90. The van der Waals surface area contributed by atoms with Gasteiger partial charge in [-0.1, -0.05) is 12.2 Å². The molecule has 1 heterocycles. The lowest BCUT2D eigenvalue weighted by atomic mass is 10.1. The number of alkyl halides is 3. The highest BCUT2D eigenvalue weighted by Crippen LogP contribution is 2.33. The van der Waals surface area contributed by atoms with Crippen LogP contribution in [-0.2, 0) is 6.18 Å². The first kappa shape index (κ1) is 13.5. The van der Waals surface area contributed by atoms with Crippen LogP contribution >= 0.6 is 12.2 Å². The highest BCUT2D eigenvalue weighted by molar-refractivity contribution is 7.80. The summed E-state index contributed by atoms with van der Waals surface area (Å²) in [4.78, 5) is -0.282. The van der Waals surface area contributed by atoms with Crippen LogP contribution in [0.25, 0.3) is 5.69 Å². The summed E-state index contributed by atoms with van der Waals surface area (Å²) in [6.07, 6.45) is -1.32. The van der Waals surface area contributed by atoms with Gasteiger partial charge < -0.3 is 5.73 Å². The average molecular weight is 285 g/mol. The predicted octanol–water partition coefficient (Wildman–Crippen LogP) is 2.83. The lowest BCUT2D eigenvalue weighted by Gasteiger charge is -2.13. The Hall–Kier alpha value is -1.89. The standard InChI is InChI=1S/C12H10F3N3S/c1-7-5-17-18(6-7)8-2-3-9(11(16)19)10(4-8)12(13,14)15/h2-6H,1H3,(H2,16,19). The second-order valence-corrected chi connectivity index (χ2v) is 4.49. The lowest BCUT2D eigenvalue weighted by Crippen LogP contribution is -2.18. The zero-order chi connectivity index (χ0) is 14.2. The van der Waals surface area contributed by atoms with Crippen molar-refractivity contribution in [2.24, 2.45) is 5.73 Å². The minimum absolute atomic E-state index is 0.185. The molecule has 0 amide bonds. The number of aryl methyl sites for hydroxylation is 1. The molecule has 0 fully saturated rings. The van der Waals surface area contributed by atoms with Gasteiger partial charge in [-0.25, -0.2) is 4.68 Å². The third-order valence-corrected chi connectivity index (χ3v) is 2.77. The molecule has 0 atom stereocenters. The number of aromatic nitrogens is 2. The Morgan fingerprint density at radius 3 is 2.53 bits per heavy atom. The topological polar surface area (TPSA) is 43.8 Å². The minimum atomic E-state index is -4.52. The molecule has 0 aliphatic heterocycles. The molecule has 19 heavy (non-hydrogen) atoms. The molecule has 0 bridgehead atoms. The van der Waals surface area contributed by atoms with Gasteiger partial charge in [-0.15, -0.1) is 0 Å². The molecule has 1 aromatic heterocycles. The van der Waals surface area contributed by atoms with Crippen molar-refractivity contribution < 1.29 is 13.2 Å². The Balaban J connectivity index is 2.59. The van der Waals surface area contributed by atoms with Crippen molar-refractivity contribution >= 4 is 17.2 Å². The van der Waals surface area contributed by atoms with Crippen molar-refractivity contribution in [3.8, 4) is 5.69 Å². The molecule has 3 nitrogen and oxygen atoms in total. The smallest absolute Gasteiger partial charge is 0.389 e. The van der Waals surface area contributed by atoms with Gasteiger partial charge in [0.2, 0.25) is 0 Å². The fourth-order valence-corrected chi connectivity index (χ4v) is 1.86. The van der Waals surface area contributed by atoms with Crippen LogP contribution in [0.5, 0.6) is 0 Å². The van der Waals surface area contributed by atoms with Crippen LogP contribution in [0.2, 0.25) is 0 Å². The van der Waals surface area contributed by atoms with Crippen LogP contribution in [0, 0.1) is 6.92 Å². The van der Waals surface area contributed by atoms with Gasteiger partial charge >= 0.3 is 6.18 Å². The van der Waals surface area contributed by atoms with Gasteiger partial charge in [-0.2, -0.15) is 18.3 Å². The lowest BCUT2D eigenvalue weighted by molar-refractivity contribution is -0.137. The van der Waals surface area contributed by atoms with Crippen molar-refractivity contribution in [2.75, 3.05) is 0 Å². The summed E-state index contributed by atoms with van der Waals surface area (Å²) in [6.45, 7) is 1.80. The first-order valence-electron chi connectivity index (χ1n) is 5.32. The maximum Gasteiger partial charge on any atom is 0.417 e. The summed E-state index contributed by atoms with van der Waals surface area (Å²) >= 11 is 4.64. The van der Waals surface area contributed by atoms with E-state index in [9.17, 15) is 13.2 Å². The molecular weight excluding hydrogens is 275 g/mol. The number of hydrogen-bond acceptors (Lipinski definition) is 2. The number of halogens is 3. The van der Waals surface area contributed by atoms with Gasteiger partial charge in [0.1, 0.15) is 4.99 Å². The molecule has 0 unspecified atom stereocenters. The van der Waals surface area contributed by atoms with Crippen LogP contribution in [0.15, 0.2) is 30.6 Å². The van der Waals surface area contributed by atoms with Crippen molar-refractivity contribution in [3.05, 3.63) is 47.3 Å². The fraction of sp³-hybridized carbons (Fsp3) is 0.167. The third-order valence-electron chi connectivity index (χ3n) is 2.55. The molecule has 7 heteroatoms. The summed E-state index contributed by atoms with van der Waals surface area (Å²) in [5.41, 5.74) is 5.43. The van der Waals surface area contributed by atoms with Gasteiger partial charge in [-0.05, 0) is 30.7 Å². The van der Waals surface area contributed by atoms with E-state index >= 15 is 0 Å². The Kier molecular flexibility index (Phi) is 3.32. The van der Waals surface area contributed by atoms with Gasteiger partial charge in [0.05, 0.1) is 17.4 Å². The molecule has 2 N–H and O–H groups in total. The van der Waals surface area contributed by atoms with Gasteiger partial charge in [0.25, 0.3) is 0 Å². The number of nitrogens with two attached hydrogens (primary N) is 1. The molecule has 0 radical (unpaired) electrons. The fourth-order valence-electron chi connectivity index (χ4n) is 1.68. The van der Waals surface area contributed by atoms with Crippen LogP contribution in [0.1, 0.15) is 16.7 Å². The van der Waals surface area contributed by atoms with Gasteiger partial charge in [0.15, 0.2) is 0 Å². The Labute approximate surface area is 112 Å². The monoisotopic (exact) mass is 285 g/mol. The average Bonchev–Trinajstić information content (AvgIpc) is 2.74. The highest BCUT2D eigenvalue weighted by atomic mass is 32.1. The molecule has 2 aromatic rings. The van der Waals surface area contributed by atoms with Gasteiger partial charge in [0, 0.05) is 11.8 Å². The van der Waals surface area contributed by atoms with E-state index in [1.807, 2.05) is 0 Å². The van der Waals surface area contributed by atoms with Crippen LogP contribution in [0.4, 0.5) is 13.2 Å². The number of thiocarbonyl (C=S) groups is 1. The predicted molar refractivity (Wildman–Crippen MR) is 69.2 cm³/mol. The molecule has 2 rings (SSSR count). The van der Waals surface area contributed by atoms with E-state index in [1.54, 1.807) is 19.3 Å². The molecule has 0 saturated carbocycles. The van der Waals surface area contributed by atoms with Crippen molar-refractivity contribution in [1.29, 1.82) is 0 Å². The largest absolute Gasteiger partial charge is 0.417 e. The van der Waals surface area contributed by atoms with Crippen molar-refractivity contribution in [3.63, 3.8) is 0 Å². The molecule has 100 valence electrons. The Bertz CT molecular complexity index is 631. The SMILES string of the molecule is Cc1cnn(-c2ccc(C(N)=S)c(C(F)(F)F)c2)c1. The molecule has 0 saturated heterocycles. The zero-order valence-corrected chi connectivity index (χ0v) is 10.7. The second kappa shape index (κ2) is 4.65. The molecule has 0 aliphatic rings. The number of nitrogens with zero attached hydrogens (tertiary/aromatic N) is 2. The highest BCUT2D eigenvalue weighted by Gasteiger charge is 2.34. The number of hydrogen-bond donors (Lipinski definition) is 1. The minimum Gasteiger partial charge on any atom is -0.389 e. The molecule has 0 aliphatic carbocycles. The second-order valence-electron chi connectivity index (χ2n) is 4.05.